The lowest BCUT2D eigenvalue weighted by Crippen LogP contribution is -2.58. The Hall–Kier alpha value is -3.33. The quantitative estimate of drug-likeness (QED) is 0.617. The molecule has 2 fully saturated rings. The Morgan fingerprint density at radius 3 is 2.39 bits per heavy atom. The summed E-state index contributed by atoms with van der Waals surface area (Å²) in [4.78, 5) is 45.4. The van der Waals surface area contributed by atoms with Gasteiger partial charge in [-0.25, -0.2) is 5.06 Å². The van der Waals surface area contributed by atoms with Crippen LogP contribution in [-0.2, 0) is 19.2 Å². The van der Waals surface area contributed by atoms with Crippen molar-refractivity contribution < 1.29 is 33.1 Å². The molecule has 3 heterocycles. The molecule has 1 aromatic heterocycles. The first-order chi connectivity index (χ1) is 15.9. The standard InChI is InChI=1S/C24H28N2O7/c1-4-32-26-21(27)15-18(23(29)31-3)24(26)11-13-25(14-12-24)22(28)20-10-9-19(33-20)16-5-7-17(30-2)8-6-16/h5-10,18H,4,11-15H2,1-3H3. The van der Waals surface area contributed by atoms with Crippen LogP contribution in [0.25, 0.3) is 11.3 Å². The van der Waals surface area contributed by atoms with Gasteiger partial charge in [0.05, 0.1) is 32.3 Å². The summed E-state index contributed by atoms with van der Waals surface area (Å²) in [7, 11) is 2.92. The molecule has 9 nitrogen and oxygen atoms in total. The number of hydrogen-bond acceptors (Lipinski definition) is 7. The molecule has 1 spiro atoms. The number of nitrogens with zero attached hydrogens (tertiary/aromatic N) is 2. The summed E-state index contributed by atoms with van der Waals surface area (Å²) in [6.07, 6.45) is 0.872. The van der Waals surface area contributed by atoms with Crippen LogP contribution < -0.4 is 4.74 Å². The first-order valence-corrected chi connectivity index (χ1v) is 11.0. The van der Waals surface area contributed by atoms with Crippen LogP contribution in [0, 0.1) is 5.92 Å². The third kappa shape index (κ3) is 4.08. The minimum absolute atomic E-state index is 0.0457. The van der Waals surface area contributed by atoms with E-state index < -0.39 is 17.4 Å². The van der Waals surface area contributed by atoms with Crippen molar-refractivity contribution in [1.82, 2.24) is 9.96 Å². The predicted molar refractivity (Wildman–Crippen MR) is 117 cm³/mol. The van der Waals surface area contributed by atoms with Crippen LogP contribution in [-0.4, -0.2) is 67.2 Å². The molecule has 0 radical (unpaired) electrons. The molecule has 2 saturated heterocycles. The summed E-state index contributed by atoms with van der Waals surface area (Å²) < 4.78 is 16.0. The first kappa shape index (κ1) is 22.8. The summed E-state index contributed by atoms with van der Waals surface area (Å²) >= 11 is 0. The average Bonchev–Trinajstić information content (AvgIpc) is 3.44. The van der Waals surface area contributed by atoms with Crippen molar-refractivity contribution in [3.8, 4) is 17.1 Å². The smallest absolute Gasteiger partial charge is 0.311 e. The Morgan fingerprint density at radius 1 is 1.09 bits per heavy atom. The molecule has 2 aliphatic rings. The summed E-state index contributed by atoms with van der Waals surface area (Å²) in [6.45, 7) is 2.83. The Labute approximate surface area is 192 Å². The van der Waals surface area contributed by atoms with Gasteiger partial charge in [-0.2, -0.15) is 0 Å². The molecule has 1 atom stereocenters. The van der Waals surface area contributed by atoms with Crippen molar-refractivity contribution in [3.63, 3.8) is 0 Å². The van der Waals surface area contributed by atoms with Crippen molar-refractivity contribution in [1.29, 1.82) is 0 Å². The molecule has 2 aliphatic heterocycles. The van der Waals surface area contributed by atoms with Crippen molar-refractivity contribution in [2.75, 3.05) is 33.9 Å². The van der Waals surface area contributed by atoms with Gasteiger partial charge in [-0.05, 0) is 56.2 Å². The van der Waals surface area contributed by atoms with Crippen LogP contribution in [0.15, 0.2) is 40.8 Å². The van der Waals surface area contributed by atoms with Gasteiger partial charge in [-0.1, -0.05) is 0 Å². The first-order valence-electron chi connectivity index (χ1n) is 11.0. The van der Waals surface area contributed by atoms with Crippen molar-refractivity contribution >= 4 is 17.8 Å². The van der Waals surface area contributed by atoms with Crippen LogP contribution in [0.2, 0.25) is 0 Å². The fraction of sp³-hybridized carbons (Fsp3) is 0.458. The molecular formula is C24H28N2O7. The van der Waals surface area contributed by atoms with E-state index in [-0.39, 0.29) is 24.0 Å². The molecule has 0 N–H and O–H groups in total. The number of hydrogen-bond donors (Lipinski definition) is 0. The van der Waals surface area contributed by atoms with Crippen LogP contribution in [0.3, 0.4) is 0 Å². The number of methoxy groups -OCH3 is 2. The highest BCUT2D eigenvalue weighted by Gasteiger charge is 2.58. The normalized spacial score (nSPS) is 19.7. The number of piperidine rings is 1. The summed E-state index contributed by atoms with van der Waals surface area (Å²) in [5.41, 5.74) is 0.0270. The summed E-state index contributed by atoms with van der Waals surface area (Å²) in [5, 5.41) is 1.35. The van der Waals surface area contributed by atoms with Gasteiger partial charge in [-0.3, -0.25) is 19.2 Å². The molecule has 0 bridgehead atoms. The minimum Gasteiger partial charge on any atom is -0.497 e. The van der Waals surface area contributed by atoms with Crippen molar-refractivity contribution in [2.45, 2.75) is 31.7 Å². The van der Waals surface area contributed by atoms with E-state index in [1.165, 1.54) is 12.2 Å². The van der Waals surface area contributed by atoms with Crippen molar-refractivity contribution in [3.05, 3.63) is 42.2 Å². The van der Waals surface area contributed by atoms with Gasteiger partial charge in [0.25, 0.3) is 5.91 Å². The largest absolute Gasteiger partial charge is 0.497 e. The predicted octanol–water partition coefficient (Wildman–Crippen LogP) is 2.90. The zero-order valence-electron chi connectivity index (χ0n) is 19.0. The Kier molecular flexibility index (Phi) is 6.42. The molecule has 9 heteroatoms. The third-order valence-electron chi connectivity index (χ3n) is 6.51. The third-order valence-corrected chi connectivity index (χ3v) is 6.51. The second-order valence-electron chi connectivity index (χ2n) is 8.17. The molecule has 0 aliphatic carbocycles. The highest BCUT2D eigenvalue weighted by atomic mass is 16.7. The van der Waals surface area contributed by atoms with Gasteiger partial charge in [0.2, 0.25) is 5.91 Å². The lowest BCUT2D eigenvalue weighted by atomic mass is 9.77. The van der Waals surface area contributed by atoms with Gasteiger partial charge in [0.1, 0.15) is 11.5 Å². The molecule has 2 aromatic rings. The maximum Gasteiger partial charge on any atom is 0.311 e. The fourth-order valence-corrected chi connectivity index (χ4v) is 4.78. The van der Waals surface area contributed by atoms with E-state index in [2.05, 4.69) is 0 Å². The fourth-order valence-electron chi connectivity index (χ4n) is 4.78. The molecule has 33 heavy (non-hydrogen) atoms. The number of carbonyl (C=O) groups excluding carboxylic acids is 3. The number of carbonyl (C=O) groups is 3. The maximum atomic E-state index is 13.1. The number of furan rings is 1. The number of amides is 2. The Bertz CT molecular complexity index is 1020. The number of benzene rings is 1. The lowest BCUT2D eigenvalue weighted by molar-refractivity contribution is -0.220. The minimum atomic E-state index is -0.811. The number of esters is 1. The number of ether oxygens (including phenoxy) is 2. The molecule has 1 aromatic carbocycles. The SMILES string of the molecule is CCON1C(=O)CC(C(=O)OC)C12CCN(C(=O)c1ccc(-c3ccc(OC)cc3)o1)CC2. The van der Waals surface area contributed by atoms with Crippen LogP contribution in [0.1, 0.15) is 36.7 Å². The highest BCUT2D eigenvalue weighted by Crippen LogP contribution is 2.44. The maximum absolute atomic E-state index is 13.1. The molecular weight excluding hydrogens is 428 g/mol. The molecule has 1 unspecified atom stereocenters. The van der Waals surface area contributed by atoms with Gasteiger partial charge in [0.15, 0.2) is 5.76 Å². The second kappa shape index (κ2) is 9.27. The van der Waals surface area contributed by atoms with E-state index in [0.29, 0.717) is 38.3 Å². The zero-order valence-corrected chi connectivity index (χ0v) is 19.0. The molecule has 4 rings (SSSR count). The summed E-state index contributed by atoms with van der Waals surface area (Å²) in [5.74, 6) is 0.0495. The Balaban J connectivity index is 1.48. The van der Waals surface area contributed by atoms with Crippen molar-refractivity contribution in [2.24, 2.45) is 5.92 Å². The van der Waals surface area contributed by atoms with E-state index in [0.717, 1.165) is 11.3 Å². The topological polar surface area (TPSA) is 98.5 Å². The van der Waals surface area contributed by atoms with E-state index in [9.17, 15) is 14.4 Å². The number of likely N-dealkylation sites (tertiary alicyclic amines) is 1. The molecule has 176 valence electrons. The summed E-state index contributed by atoms with van der Waals surface area (Å²) in [6, 6.07) is 10.8. The van der Waals surface area contributed by atoms with Gasteiger partial charge >= 0.3 is 5.97 Å². The number of hydroxylamine groups is 2. The van der Waals surface area contributed by atoms with E-state index >= 15 is 0 Å². The Morgan fingerprint density at radius 2 is 1.79 bits per heavy atom. The van der Waals surface area contributed by atoms with E-state index in [1.54, 1.807) is 31.1 Å². The van der Waals surface area contributed by atoms with Crippen LogP contribution in [0.4, 0.5) is 0 Å². The molecule has 2 amide bonds. The van der Waals surface area contributed by atoms with Gasteiger partial charge < -0.3 is 18.8 Å². The monoisotopic (exact) mass is 456 g/mol. The van der Waals surface area contributed by atoms with E-state index in [4.69, 9.17) is 18.7 Å². The molecule has 0 saturated carbocycles. The van der Waals surface area contributed by atoms with Gasteiger partial charge in [0, 0.05) is 25.1 Å². The van der Waals surface area contributed by atoms with Crippen LogP contribution >= 0.6 is 0 Å². The second-order valence-corrected chi connectivity index (χ2v) is 8.17. The van der Waals surface area contributed by atoms with E-state index in [1.807, 2.05) is 24.3 Å². The highest BCUT2D eigenvalue weighted by molar-refractivity contribution is 5.92. The van der Waals surface area contributed by atoms with Gasteiger partial charge in [-0.15, -0.1) is 0 Å². The average molecular weight is 456 g/mol. The van der Waals surface area contributed by atoms with Crippen LogP contribution in [0.5, 0.6) is 5.75 Å². The zero-order chi connectivity index (χ0) is 23.6. The number of rotatable bonds is 6. The lowest BCUT2D eigenvalue weighted by Gasteiger charge is -2.45.